The molecule has 0 atom stereocenters. The van der Waals surface area contributed by atoms with Crippen molar-refractivity contribution in [3.63, 3.8) is 0 Å². The fourth-order valence-electron chi connectivity index (χ4n) is 3.80. The summed E-state index contributed by atoms with van der Waals surface area (Å²) >= 11 is 0. The van der Waals surface area contributed by atoms with E-state index in [9.17, 15) is 28.8 Å². The normalized spacial score (nSPS) is 10.3. The number of H-pyrrole nitrogens is 2. The number of aromatic amines is 2. The van der Waals surface area contributed by atoms with Crippen molar-refractivity contribution in [1.82, 2.24) is 20.4 Å². The Morgan fingerprint density at radius 1 is 0.702 bits per heavy atom. The van der Waals surface area contributed by atoms with Gasteiger partial charge < -0.3 is 19.4 Å². The molecular weight excluding hydrogens is 608 g/mol. The van der Waals surface area contributed by atoms with Crippen LogP contribution in [0.25, 0.3) is 0 Å². The predicted molar refractivity (Wildman–Crippen MR) is 178 cm³/mol. The summed E-state index contributed by atoms with van der Waals surface area (Å²) in [5, 5.41) is 21.6. The summed E-state index contributed by atoms with van der Waals surface area (Å²) in [7, 11) is 0. The van der Waals surface area contributed by atoms with Gasteiger partial charge >= 0.3 is 17.9 Å². The topological polar surface area (TPSA) is 198 Å². The maximum absolute atomic E-state index is 11.2. The van der Waals surface area contributed by atoms with Gasteiger partial charge in [-0.25, -0.2) is 14.4 Å². The van der Waals surface area contributed by atoms with Crippen LogP contribution in [0.3, 0.4) is 0 Å². The van der Waals surface area contributed by atoms with Crippen LogP contribution in [-0.4, -0.2) is 74.0 Å². The number of nitrogens with zero attached hydrogens (tertiary/aromatic N) is 2. The van der Waals surface area contributed by atoms with Gasteiger partial charge in [-0.05, 0) is 69.4 Å². The molecule has 0 aliphatic carbocycles. The highest BCUT2D eigenvalue weighted by Crippen LogP contribution is 2.08. The van der Waals surface area contributed by atoms with Crippen LogP contribution in [0.15, 0.2) is 12.1 Å². The van der Waals surface area contributed by atoms with Gasteiger partial charge in [0.15, 0.2) is 11.4 Å². The zero-order valence-corrected chi connectivity index (χ0v) is 30.0. The van der Waals surface area contributed by atoms with Crippen molar-refractivity contribution in [3.05, 3.63) is 34.9 Å². The van der Waals surface area contributed by atoms with E-state index in [2.05, 4.69) is 52.8 Å². The third kappa shape index (κ3) is 24.7. The average molecular weight is 665 g/mol. The molecule has 0 aliphatic rings. The Labute approximate surface area is 279 Å². The second kappa shape index (κ2) is 25.0. The number of hydrogen-bond acceptors (Lipinski definition) is 10. The van der Waals surface area contributed by atoms with Crippen molar-refractivity contribution in [2.45, 2.75) is 108 Å². The first-order valence-electron chi connectivity index (χ1n) is 16.0. The molecule has 13 heteroatoms. The van der Waals surface area contributed by atoms with Gasteiger partial charge in [0.2, 0.25) is 5.78 Å². The maximum Gasteiger partial charge on any atom is 0.375 e. The van der Waals surface area contributed by atoms with Gasteiger partial charge in [0.1, 0.15) is 11.6 Å². The average Bonchev–Trinajstić information content (AvgIpc) is 3.58. The minimum atomic E-state index is -0.985. The maximum atomic E-state index is 11.2. The summed E-state index contributed by atoms with van der Waals surface area (Å²) in [5.74, 6) is -1.15. The SMILES string of the molecule is CC(=O)CC(C)C.CC(C)Cc1cc(C(=O)O)n[nH]1.CCOC(=O)C(=O)CC(=O)CC(C)C.CCOC(=O)c1cc(CC(C)C)[nH]n1. The van der Waals surface area contributed by atoms with E-state index in [4.69, 9.17) is 9.84 Å². The van der Waals surface area contributed by atoms with Gasteiger partial charge in [0, 0.05) is 24.2 Å². The number of nitrogens with one attached hydrogen (secondary N) is 2. The molecule has 0 saturated carbocycles. The first-order chi connectivity index (χ1) is 21.8. The van der Waals surface area contributed by atoms with Crippen molar-refractivity contribution in [2.75, 3.05) is 13.2 Å². The molecule has 13 nitrogen and oxygen atoms in total. The predicted octanol–water partition coefficient (Wildman–Crippen LogP) is 5.84. The van der Waals surface area contributed by atoms with Gasteiger partial charge in [-0.1, -0.05) is 55.4 Å². The van der Waals surface area contributed by atoms with Crippen molar-refractivity contribution < 1.29 is 43.3 Å². The molecule has 47 heavy (non-hydrogen) atoms. The Kier molecular flexibility index (Phi) is 23.9. The second-order valence-corrected chi connectivity index (χ2v) is 12.5. The molecule has 2 aromatic rings. The third-order valence-electron chi connectivity index (χ3n) is 5.41. The first-order valence-corrected chi connectivity index (χ1v) is 16.0. The van der Waals surface area contributed by atoms with Crippen molar-refractivity contribution in [2.24, 2.45) is 23.7 Å². The van der Waals surface area contributed by atoms with E-state index in [0.29, 0.717) is 36.5 Å². The molecule has 2 heterocycles. The van der Waals surface area contributed by atoms with Crippen LogP contribution in [0, 0.1) is 23.7 Å². The molecule has 0 unspecified atom stereocenters. The Bertz CT molecular complexity index is 1240. The summed E-state index contributed by atoms with van der Waals surface area (Å²) < 4.78 is 9.29. The molecule has 0 radical (unpaired) electrons. The van der Waals surface area contributed by atoms with Gasteiger partial charge in [-0.15, -0.1) is 0 Å². The largest absolute Gasteiger partial charge is 0.476 e. The Morgan fingerprint density at radius 3 is 1.49 bits per heavy atom. The van der Waals surface area contributed by atoms with E-state index >= 15 is 0 Å². The lowest BCUT2D eigenvalue weighted by Gasteiger charge is -2.02. The zero-order valence-electron chi connectivity index (χ0n) is 30.0. The number of carbonyl (C=O) groups is 6. The van der Waals surface area contributed by atoms with Crippen molar-refractivity contribution >= 4 is 35.3 Å². The van der Waals surface area contributed by atoms with Crippen LogP contribution < -0.4 is 0 Å². The molecule has 0 aromatic carbocycles. The lowest BCUT2D eigenvalue weighted by atomic mass is 10.0. The summed E-state index contributed by atoms with van der Waals surface area (Å²) in [5.41, 5.74) is 2.30. The molecule has 3 N–H and O–H groups in total. The molecule has 0 amide bonds. The highest BCUT2D eigenvalue weighted by Gasteiger charge is 2.19. The van der Waals surface area contributed by atoms with E-state index in [0.717, 1.165) is 30.7 Å². The Balaban J connectivity index is 0. The standard InChI is InChI=1S/C10H16N2O2.C10H16O4.C8H12N2O2.C6H12O/c1-4-14-10(13)9-6-8(11-12-9)5-7(2)3;1-4-14-10(13)9(12)6-8(11)5-7(2)3;1-5(2)3-6-4-7(8(11)12)10-9-6;1-5(2)4-6(3)7/h6-7H,4-5H2,1-3H3,(H,11,12);7H,4-6H2,1-3H3;4-5H,3H2,1-2H3,(H,9,10)(H,11,12);5H,4H2,1-3H3. The molecule has 0 spiro atoms. The monoisotopic (exact) mass is 664 g/mol. The molecule has 0 fully saturated rings. The molecule has 2 aromatic heterocycles. The first kappa shape index (κ1) is 45.0. The zero-order chi connectivity index (χ0) is 36.7. The molecule has 266 valence electrons. The lowest BCUT2D eigenvalue weighted by Crippen LogP contribution is -2.21. The number of aromatic carboxylic acids is 1. The van der Waals surface area contributed by atoms with Crippen molar-refractivity contribution in [3.8, 4) is 0 Å². The van der Waals surface area contributed by atoms with Crippen LogP contribution in [0.5, 0.6) is 0 Å². The Hall–Kier alpha value is -4.16. The van der Waals surface area contributed by atoms with E-state index < -0.39 is 17.7 Å². The number of ketones is 3. The summed E-state index contributed by atoms with van der Waals surface area (Å²) in [6.45, 7) is 21.8. The quantitative estimate of drug-likeness (QED) is 0.117. The van der Waals surface area contributed by atoms with Gasteiger partial charge in [0.25, 0.3) is 0 Å². The van der Waals surface area contributed by atoms with E-state index in [-0.39, 0.29) is 42.2 Å². The molecular formula is C34H56N4O9. The van der Waals surface area contributed by atoms with Gasteiger partial charge in [-0.3, -0.25) is 19.8 Å². The van der Waals surface area contributed by atoms with Crippen LogP contribution in [0.4, 0.5) is 0 Å². The number of esters is 2. The fraction of sp³-hybridized carbons (Fsp3) is 0.647. The molecule has 2 rings (SSSR count). The van der Waals surface area contributed by atoms with E-state index in [1.54, 1.807) is 32.9 Å². The number of hydrogen-bond donors (Lipinski definition) is 3. The number of aromatic nitrogens is 4. The van der Waals surface area contributed by atoms with Gasteiger partial charge in [-0.2, -0.15) is 10.2 Å². The van der Waals surface area contributed by atoms with Crippen molar-refractivity contribution in [1.29, 1.82) is 0 Å². The molecule has 0 bridgehead atoms. The summed E-state index contributed by atoms with van der Waals surface area (Å²) in [6.07, 6.45) is 2.44. The summed E-state index contributed by atoms with van der Waals surface area (Å²) in [6, 6.07) is 3.32. The van der Waals surface area contributed by atoms with Crippen LogP contribution in [-0.2, 0) is 41.5 Å². The van der Waals surface area contributed by atoms with Crippen LogP contribution in [0.2, 0.25) is 0 Å². The lowest BCUT2D eigenvalue weighted by molar-refractivity contribution is -0.154. The fourth-order valence-corrected chi connectivity index (χ4v) is 3.80. The minimum Gasteiger partial charge on any atom is -0.476 e. The minimum absolute atomic E-state index is 0.0886. The second-order valence-electron chi connectivity index (χ2n) is 12.5. The number of carboxylic acid groups (broad SMARTS) is 1. The van der Waals surface area contributed by atoms with E-state index in [1.165, 1.54) is 0 Å². The molecule has 0 aliphatic heterocycles. The number of rotatable bonds is 15. The van der Waals surface area contributed by atoms with Crippen LogP contribution >= 0.6 is 0 Å². The number of Topliss-reactive ketones (excluding diaryl/α,β-unsaturated/α-hetero) is 3. The van der Waals surface area contributed by atoms with E-state index in [1.807, 2.05) is 27.7 Å². The third-order valence-corrected chi connectivity index (χ3v) is 5.41. The van der Waals surface area contributed by atoms with Gasteiger partial charge in [0.05, 0.1) is 19.6 Å². The highest BCUT2D eigenvalue weighted by atomic mass is 16.5. The Morgan fingerprint density at radius 2 is 1.15 bits per heavy atom. The highest BCUT2D eigenvalue weighted by molar-refractivity contribution is 6.37. The number of carbonyl (C=O) groups excluding carboxylic acids is 5. The summed E-state index contributed by atoms with van der Waals surface area (Å²) in [4.78, 5) is 64.9. The smallest absolute Gasteiger partial charge is 0.375 e. The molecule has 0 saturated heterocycles. The van der Waals surface area contributed by atoms with Crippen LogP contribution in [0.1, 0.15) is 128 Å². The number of ether oxygens (including phenoxy) is 2. The number of carboxylic acids is 1.